The molecule has 0 bridgehead atoms. The summed E-state index contributed by atoms with van der Waals surface area (Å²) in [5, 5.41) is 12.2. The summed E-state index contributed by atoms with van der Waals surface area (Å²) < 4.78 is 0. The minimum atomic E-state index is 0.294. The quantitative estimate of drug-likeness (QED) is 0.779. The fourth-order valence-electron chi connectivity index (χ4n) is 1.65. The Hall–Kier alpha value is -1.53. The molecule has 0 atom stereocenters. The van der Waals surface area contributed by atoms with Gasteiger partial charge in [-0.1, -0.05) is 12.1 Å². The number of nitrogens with one attached hydrogen (secondary N) is 1. The molecule has 1 aliphatic carbocycles. The summed E-state index contributed by atoms with van der Waals surface area (Å²) in [5.74, 6) is 0. The Kier molecular flexibility index (Phi) is 2.61. The van der Waals surface area contributed by atoms with Gasteiger partial charge in [0.25, 0.3) is 0 Å². The van der Waals surface area contributed by atoms with Crippen LogP contribution in [0.25, 0.3) is 0 Å². The third kappa shape index (κ3) is 2.11. The molecule has 1 saturated carbocycles. The lowest BCUT2D eigenvalue weighted by molar-refractivity contribution is 0.556. The lowest BCUT2D eigenvalue weighted by Gasteiger charge is -2.14. The van der Waals surface area contributed by atoms with Gasteiger partial charge in [-0.15, -0.1) is 0 Å². The number of para-hydroxylation sites is 1. The predicted molar refractivity (Wildman–Crippen MR) is 60.4 cm³/mol. The van der Waals surface area contributed by atoms with E-state index < -0.39 is 0 Å². The second-order valence-corrected chi connectivity index (χ2v) is 4.22. The average Bonchev–Trinajstić information content (AvgIpc) is 3.07. The van der Waals surface area contributed by atoms with Crippen molar-refractivity contribution in [3.05, 3.63) is 29.8 Å². The van der Waals surface area contributed by atoms with Crippen LogP contribution in [0.5, 0.6) is 0 Å². The van der Waals surface area contributed by atoms with E-state index in [0.717, 1.165) is 18.8 Å². The largest absolute Gasteiger partial charge is 0.383 e. The highest BCUT2D eigenvalue weighted by Crippen LogP contribution is 2.44. The average molecular weight is 201 g/mol. The topological polar surface area (TPSA) is 61.8 Å². The number of nitrogens with two attached hydrogens (primary N) is 1. The number of anilines is 1. The van der Waals surface area contributed by atoms with Gasteiger partial charge in [-0.05, 0) is 36.9 Å². The number of nitrogens with zero attached hydrogens (tertiary/aromatic N) is 1. The lowest BCUT2D eigenvalue weighted by Crippen LogP contribution is -2.24. The molecule has 1 aliphatic rings. The number of nitriles is 1. The van der Waals surface area contributed by atoms with Crippen molar-refractivity contribution in [2.75, 3.05) is 18.4 Å². The maximum atomic E-state index is 8.91. The Morgan fingerprint density at radius 1 is 1.40 bits per heavy atom. The van der Waals surface area contributed by atoms with Crippen molar-refractivity contribution >= 4 is 5.69 Å². The molecule has 1 aromatic rings. The number of hydrogen-bond acceptors (Lipinski definition) is 3. The highest BCUT2D eigenvalue weighted by atomic mass is 14.9. The minimum Gasteiger partial charge on any atom is -0.383 e. The molecule has 0 aliphatic heterocycles. The fourth-order valence-corrected chi connectivity index (χ4v) is 1.65. The number of rotatable bonds is 4. The van der Waals surface area contributed by atoms with Crippen LogP contribution in [0.1, 0.15) is 18.4 Å². The molecule has 0 spiro atoms. The molecule has 0 heterocycles. The van der Waals surface area contributed by atoms with E-state index in [4.69, 9.17) is 11.0 Å². The van der Waals surface area contributed by atoms with Crippen molar-refractivity contribution in [3.8, 4) is 6.07 Å². The van der Waals surface area contributed by atoms with Crippen molar-refractivity contribution in [2.45, 2.75) is 12.8 Å². The Morgan fingerprint density at radius 3 is 2.73 bits per heavy atom. The monoisotopic (exact) mass is 201 g/mol. The van der Waals surface area contributed by atoms with Gasteiger partial charge in [-0.2, -0.15) is 5.26 Å². The van der Waals surface area contributed by atoms with E-state index >= 15 is 0 Å². The van der Waals surface area contributed by atoms with Crippen molar-refractivity contribution in [1.29, 1.82) is 5.26 Å². The van der Waals surface area contributed by atoms with E-state index in [2.05, 4.69) is 11.4 Å². The molecule has 3 heteroatoms. The highest BCUT2D eigenvalue weighted by molar-refractivity contribution is 5.57. The zero-order valence-corrected chi connectivity index (χ0v) is 8.66. The second kappa shape index (κ2) is 3.92. The molecule has 78 valence electrons. The van der Waals surface area contributed by atoms with Crippen LogP contribution in [0.3, 0.4) is 0 Å². The Bertz CT molecular complexity index is 388. The fraction of sp³-hybridized carbons (Fsp3) is 0.417. The highest BCUT2D eigenvalue weighted by Gasteiger charge is 2.40. The van der Waals surface area contributed by atoms with E-state index in [-0.39, 0.29) is 0 Å². The standard InChI is InChI=1S/C12H15N3/c13-7-10-3-1-2-4-11(10)15-9-12(8-14)5-6-12/h1-4,15H,5-6,8-9,14H2. The Balaban J connectivity index is 2.02. The molecule has 3 nitrogen and oxygen atoms in total. The molecule has 2 rings (SSSR count). The minimum absolute atomic E-state index is 0.294. The van der Waals surface area contributed by atoms with Crippen LogP contribution >= 0.6 is 0 Å². The van der Waals surface area contributed by atoms with Crippen LogP contribution in [0.15, 0.2) is 24.3 Å². The van der Waals surface area contributed by atoms with Gasteiger partial charge < -0.3 is 11.1 Å². The van der Waals surface area contributed by atoms with Gasteiger partial charge in [0.05, 0.1) is 11.3 Å². The molecule has 15 heavy (non-hydrogen) atoms. The second-order valence-electron chi connectivity index (χ2n) is 4.22. The van der Waals surface area contributed by atoms with Crippen molar-refractivity contribution in [3.63, 3.8) is 0 Å². The Morgan fingerprint density at radius 2 is 2.13 bits per heavy atom. The first-order chi connectivity index (χ1) is 7.29. The van der Waals surface area contributed by atoms with Crippen molar-refractivity contribution in [2.24, 2.45) is 11.1 Å². The summed E-state index contributed by atoms with van der Waals surface area (Å²) >= 11 is 0. The first-order valence-corrected chi connectivity index (χ1v) is 5.23. The molecule has 0 radical (unpaired) electrons. The molecule has 0 aromatic heterocycles. The van der Waals surface area contributed by atoms with E-state index in [1.54, 1.807) is 0 Å². The van der Waals surface area contributed by atoms with Gasteiger partial charge in [0, 0.05) is 6.54 Å². The summed E-state index contributed by atoms with van der Waals surface area (Å²) in [7, 11) is 0. The van der Waals surface area contributed by atoms with E-state index in [9.17, 15) is 0 Å². The summed E-state index contributed by atoms with van der Waals surface area (Å²) in [6, 6.07) is 9.75. The molecular weight excluding hydrogens is 186 g/mol. The van der Waals surface area contributed by atoms with E-state index in [0.29, 0.717) is 11.0 Å². The van der Waals surface area contributed by atoms with Gasteiger partial charge in [0.1, 0.15) is 6.07 Å². The zero-order chi connectivity index (χ0) is 10.7. The molecule has 0 saturated heterocycles. The van der Waals surface area contributed by atoms with E-state index in [1.807, 2.05) is 24.3 Å². The third-order valence-electron chi connectivity index (χ3n) is 3.09. The zero-order valence-electron chi connectivity index (χ0n) is 8.66. The first-order valence-electron chi connectivity index (χ1n) is 5.23. The smallest absolute Gasteiger partial charge is 0.101 e. The van der Waals surface area contributed by atoms with Gasteiger partial charge >= 0.3 is 0 Å². The molecule has 0 unspecified atom stereocenters. The van der Waals surface area contributed by atoms with Crippen LogP contribution < -0.4 is 11.1 Å². The molecule has 1 fully saturated rings. The predicted octanol–water partition coefficient (Wildman–Crippen LogP) is 1.71. The van der Waals surface area contributed by atoms with Gasteiger partial charge in [-0.3, -0.25) is 0 Å². The normalized spacial score (nSPS) is 16.8. The molecule has 3 N–H and O–H groups in total. The van der Waals surface area contributed by atoms with Crippen molar-refractivity contribution in [1.82, 2.24) is 0 Å². The number of benzene rings is 1. The van der Waals surface area contributed by atoms with Gasteiger partial charge in [0.15, 0.2) is 0 Å². The van der Waals surface area contributed by atoms with Crippen LogP contribution in [-0.4, -0.2) is 13.1 Å². The van der Waals surface area contributed by atoms with Gasteiger partial charge in [0.2, 0.25) is 0 Å². The van der Waals surface area contributed by atoms with Crippen molar-refractivity contribution < 1.29 is 0 Å². The van der Waals surface area contributed by atoms with Gasteiger partial charge in [-0.25, -0.2) is 0 Å². The Labute approximate surface area is 89.9 Å². The van der Waals surface area contributed by atoms with Crippen LogP contribution in [0.2, 0.25) is 0 Å². The first kappa shape index (κ1) is 10.0. The number of hydrogen-bond donors (Lipinski definition) is 2. The molecule has 0 amide bonds. The van der Waals surface area contributed by atoms with Crippen LogP contribution in [0, 0.1) is 16.7 Å². The summed E-state index contributed by atoms with van der Waals surface area (Å²) in [6.07, 6.45) is 2.40. The SMILES string of the molecule is N#Cc1ccccc1NCC1(CN)CC1. The van der Waals surface area contributed by atoms with Crippen LogP contribution in [-0.2, 0) is 0 Å². The summed E-state index contributed by atoms with van der Waals surface area (Å²) in [4.78, 5) is 0. The maximum Gasteiger partial charge on any atom is 0.101 e. The molecule has 1 aromatic carbocycles. The van der Waals surface area contributed by atoms with Crippen LogP contribution in [0.4, 0.5) is 5.69 Å². The lowest BCUT2D eigenvalue weighted by atomic mass is 10.1. The summed E-state index contributed by atoms with van der Waals surface area (Å²) in [6.45, 7) is 1.61. The molecular formula is C12H15N3. The summed E-state index contributed by atoms with van der Waals surface area (Å²) in [5.41, 5.74) is 7.61. The maximum absolute atomic E-state index is 8.91. The third-order valence-corrected chi connectivity index (χ3v) is 3.09. The van der Waals surface area contributed by atoms with E-state index in [1.165, 1.54) is 12.8 Å².